The van der Waals surface area contributed by atoms with Gasteiger partial charge in [-0.2, -0.15) is 4.98 Å². The molecule has 0 bridgehead atoms. The van der Waals surface area contributed by atoms with Crippen molar-refractivity contribution >= 4 is 52.4 Å². The average molecular weight is 906 g/mol. The minimum Gasteiger partial charge on any atom is -0.394 e. The van der Waals surface area contributed by atoms with Crippen molar-refractivity contribution in [2.45, 2.75) is 123 Å². The number of H-pyrrole nitrogens is 1. The van der Waals surface area contributed by atoms with E-state index in [1.165, 1.54) is 38.5 Å². The third kappa shape index (κ3) is 29.5. The summed E-state index contributed by atoms with van der Waals surface area (Å²) in [5.74, 6) is 7.82. The number of nitrogens with two attached hydrogens (primary N) is 1. The highest BCUT2D eigenvalue weighted by Crippen LogP contribution is 2.32. The number of nitrogen functional groups attached to an aromatic ring is 1. The maximum absolute atomic E-state index is 12.4. The zero-order valence-corrected chi connectivity index (χ0v) is 39.2. The van der Waals surface area contributed by atoms with Gasteiger partial charge in [0.15, 0.2) is 5.65 Å². The van der Waals surface area contributed by atoms with Crippen molar-refractivity contribution in [1.29, 1.82) is 0 Å². The van der Waals surface area contributed by atoms with E-state index in [1.54, 1.807) is 10.8 Å². The van der Waals surface area contributed by atoms with E-state index in [-0.39, 0.29) is 48.9 Å². The quantitative estimate of drug-likeness (QED) is 0.0271. The number of anilines is 1. The van der Waals surface area contributed by atoms with Gasteiger partial charge in [-0.3, -0.25) is 14.6 Å². The minimum atomic E-state index is -0.860. The highest BCUT2D eigenvalue weighted by molar-refractivity contribution is 6.18. The zero-order chi connectivity index (χ0) is 46.1. The second-order valence-electron chi connectivity index (χ2n) is 13.3. The van der Waals surface area contributed by atoms with Crippen LogP contribution in [-0.2, 0) is 23.8 Å². The number of likely N-dealkylation sites (N-methyl/N-ethyl adjacent to an activating group) is 1. The Morgan fingerprint density at radius 2 is 1.70 bits per heavy atom. The molecule has 3 heterocycles. The summed E-state index contributed by atoms with van der Waals surface area (Å²) in [7, 11) is 3.76. The van der Waals surface area contributed by atoms with Gasteiger partial charge in [-0.25, -0.2) is 0 Å². The van der Waals surface area contributed by atoms with Crippen molar-refractivity contribution in [3.8, 4) is 11.8 Å². The molecule has 1 aliphatic rings. The fourth-order valence-electron chi connectivity index (χ4n) is 5.23. The van der Waals surface area contributed by atoms with Crippen LogP contribution >= 0.6 is 23.2 Å². The molecule has 3 rings (SSSR count). The molecule has 3 atom stereocenters. The van der Waals surface area contributed by atoms with Crippen molar-refractivity contribution in [2.24, 2.45) is 0 Å². The Labute approximate surface area is 374 Å². The fraction of sp³-hybridized carbons (Fsp3) is 0.721. The first kappa shape index (κ1) is 59.7. The van der Waals surface area contributed by atoms with E-state index >= 15 is 0 Å². The Balaban J connectivity index is 0. The highest BCUT2D eigenvalue weighted by atomic mass is 35.5. The molecular weight excluding hydrogens is 827 g/mol. The number of aliphatic hydroxyl groups excluding tert-OH is 2. The average Bonchev–Trinajstić information content (AvgIpc) is 3.82. The lowest BCUT2D eigenvalue weighted by Crippen LogP contribution is -2.24. The van der Waals surface area contributed by atoms with Crippen molar-refractivity contribution in [1.82, 2.24) is 35.8 Å². The molecule has 352 valence electrons. The molecule has 61 heavy (non-hydrogen) atoms. The number of nitrogens with zero attached hydrogens (tertiary/aromatic N) is 2. The van der Waals surface area contributed by atoms with Crippen LogP contribution in [0.15, 0.2) is 23.4 Å². The molecule has 9 N–H and O–H groups in total. The molecule has 0 saturated carbocycles. The summed E-state index contributed by atoms with van der Waals surface area (Å²) in [6, 6.07) is 0. The summed E-state index contributed by atoms with van der Waals surface area (Å²) in [5.41, 5.74) is 5.80. The Hall–Kier alpha value is -3.40. The Morgan fingerprint density at radius 3 is 2.26 bits per heavy atom. The number of hydrogen-bond donors (Lipinski definition) is 8. The first-order valence-electron chi connectivity index (χ1n) is 21.6. The van der Waals surface area contributed by atoms with E-state index in [0.717, 1.165) is 63.0 Å². The number of fused-ring (bicyclic) bond motifs is 1. The molecule has 0 spiro atoms. The van der Waals surface area contributed by atoms with E-state index in [1.807, 2.05) is 34.9 Å². The molecule has 2 aromatic rings. The normalized spacial score (nSPS) is 14.9. The van der Waals surface area contributed by atoms with Crippen molar-refractivity contribution in [3.05, 3.63) is 34.5 Å². The molecule has 1 fully saturated rings. The van der Waals surface area contributed by atoms with Crippen LogP contribution in [0.5, 0.6) is 0 Å². The standard InChI is InChI=1S/C19H23N5O6.C11H24ClNO2.C6H13Cl.C5H12N2.C2H6/c20-19-22-17-16(18(29)23-19)11(4-3-6-21-14(28)5-1-2-7-25)9-24(17)15-8-12(27)13(10-26)30-15;1-13-7-9-15-11-10-14-8-5-3-2-4-6-12;1-2-3-4-5-6-7;1-4-7-5(2)6-3;1-2/h7,9,12-13,15,26-27H,1-2,5-6,8,10H2,(H,21,28)(H3,20,22,23,29);13H,2-11H2,1H3;2-6H2,1H3;6-7H,2,4H2,1,3H3;1-2H3. The number of aromatic amines is 1. The van der Waals surface area contributed by atoms with Gasteiger partial charge < -0.3 is 60.8 Å². The van der Waals surface area contributed by atoms with E-state index in [9.17, 15) is 24.6 Å². The molecule has 0 aliphatic carbocycles. The van der Waals surface area contributed by atoms with Gasteiger partial charge in [-0.1, -0.05) is 71.3 Å². The number of carbonyl (C=O) groups is 2. The summed E-state index contributed by atoms with van der Waals surface area (Å²) >= 11 is 11.0. The Bertz CT molecular complexity index is 1500. The Kier molecular flexibility index (Phi) is 41.0. The number of unbranched alkanes of at least 4 members (excludes halogenated alkanes) is 7. The third-order valence-electron chi connectivity index (χ3n) is 8.44. The molecule has 1 amide bonds. The summed E-state index contributed by atoms with van der Waals surface area (Å²) in [6.45, 7) is 16.4. The first-order chi connectivity index (χ1) is 29.6. The summed E-state index contributed by atoms with van der Waals surface area (Å²) in [6.07, 6.45) is 11.1. The van der Waals surface area contributed by atoms with Crippen LogP contribution in [0.1, 0.15) is 117 Å². The third-order valence-corrected chi connectivity index (χ3v) is 8.97. The Morgan fingerprint density at radius 1 is 1.05 bits per heavy atom. The van der Waals surface area contributed by atoms with Gasteiger partial charge in [0.2, 0.25) is 11.9 Å². The molecule has 0 aromatic carbocycles. The van der Waals surface area contributed by atoms with Gasteiger partial charge in [0, 0.05) is 64.0 Å². The summed E-state index contributed by atoms with van der Waals surface area (Å²) in [5, 5.41) is 31.0. The SMILES string of the molecule is C=C(NC)NCC.CC.CCCCCCCl.CNCCOCCOCCCCCCCl.Nc1nc2c(c(C#CCNC(=O)CCCC=O)cn2C2CC(O)C(CO)O2)c(=O)[nH]1. The lowest BCUT2D eigenvalue weighted by molar-refractivity contribution is -0.121. The number of aldehydes is 1. The molecule has 0 radical (unpaired) electrons. The zero-order valence-electron chi connectivity index (χ0n) is 37.7. The van der Waals surface area contributed by atoms with Gasteiger partial charge in [-0.05, 0) is 39.7 Å². The molecule has 18 heteroatoms. The topological polar surface area (TPSA) is 227 Å². The van der Waals surface area contributed by atoms with Crippen LogP contribution in [-0.4, -0.2) is 128 Å². The lowest BCUT2D eigenvalue weighted by atomic mass is 10.2. The number of alkyl halides is 2. The van der Waals surface area contributed by atoms with Crippen LogP contribution in [0.2, 0.25) is 0 Å². The van der Waals surface area contributed by atoms with Gasteiger partial charge in [0.05, 0.1) is 55.8 Å². The van der Waals surface area contributed by atoms with E-state index in [0.29, 0.717) is 31.6 Å². The van der Waals surface area contributed by atoms with E-state index < -0.39 is 24.0 Å². The fourth-order valence-corrected chi connectivity index (χ4v) is 5.60. The molecule has 1 saturated heterocycles. The summed E-state index contributed by atoms with van der Waals surface area (Å²) < 4.78 is 17.9. The van der Waals surface area contributed by atoms with Gasteiger partial charge in [0.1, 0.15) is 18.6 Å². The maximum Gasteiger partial charge on any atom is 0.263 e. The van der Waals surface area contributed by atoms with Crippen molar-refractivity contribution < 1.29 is 34.0 Å². The van der Waals surface area contributed by atoms with Crippen molar-refractivity contribution in [3.63, 3.8) is 0 Å². The van der Waals surface area contributed by atoms with E-state index in [4.69, 9.17) is 43.1 Å². The maximum atomic E-state index is 12.4. The number of ether oxygens (including phenoxy) is 3. The van der Waals surface area contributed by atoms with Crippen LogP contribution in [0.4, 0.5) is 5.95 Å². The lowest BCUT2D eigenvalue weighted by Gasteiger charge is -2.14. The van der Waals surface area contributed by atoms with Crippen LogP contribution in [0.25, 0.3) is 11.0 Å². The van der Waals surface area contributed by atoms with Crippen molar-refractivity contribution in [2.75, 3.05) is 84.3 Å². The number of carbonyl (C=O) groups excluding carboxylic acids is 2. The molecule has 2 aromatic heterocycles. The van der Waals surface area contributed by atoms with E-state index in [2.05, 4.69) is 56.6 Å². The number of aliphatic hydroxyl groups is 2. The second-order valence-corrected chi connectivity index (χ2v) is 14.0. The smallest absolute Gasteiger partial charge is 0.263 e. The van der Waals surface area contributed by atoms with Crippen LogP contribution in [0, 0.1) is 11.8 Å². The number of aromatic nitrogens is 3. The highest BCUT2D eigenvalue weighted by Gasteiger charge is 2.35. The predicted octanol–water partition coefficient (Wildman–Crippen LogP) is 4.94. The monoisotopic (exact) mass is 905 g/mol. The predicted molar refractivity (Wildman–Crippen MR) is 249 cm³/mol. The van der Waals surface area contributed by atoms with Crippen LogP contribution in [0.3, 0.4) is 0 Å². The number of nitrogens with one attached hydrogen (secondary N) is 5. The number of hydrogen-bond acceptors (Lipinski definition) is 13. The summed E-state index contributed by atoms with van der Waals surface area (Å²) in [4.78, 5) is 41.0. The number of halogens is 2. The second kappa shape index (κ2) is 41.9. The largest absolute Gasteiger partial charge is 0.394 e. The molecule has 3 unspecified atom stereocenters. The number of rotatable bonds is 26. The molecule has 16 nitrogen and oxygen atoms in total. The first-order valence-corrected chi connectivity index (χ1v) is 22.7. The van der Waals surface area contributed by atoms with Gasteiger partial charge in [0.25, 0.3) is 5.56 Å². The minimum absolute atomic E-state index is 0.0676. The molecule has 1 aliphatic heterocycles. The van der Waals surface area contributed by atoms with Gasteiger partial charge in [-0.15, -0.1) is 23.2 Å². The van der Waals surface area contributed by atoms with Crippen LogP contribution < -0.4 is 32.6 Å². The van der Waals surface area contributed by atoms with Gasteiger partial charge >= 0.3 is 0 Å². The molecular formula is C43H78Cl2N8O8. The number of amides is 1.